The van der Waals surface area contributed by atoms with E-state index >= 15 is 0 Å². The number of carbonyl (C=O) groups excluding carboxylic acids is 3. The van der Waals surface area contributed by atoms with Gasteiger partial charge in [0, 0.05) is 6.92 Å². The van der Waals surface area contributed by atoms with Crippen molar-refractivity contribution in [3.8, 4) is 0 Å². The highest BCUT2D eigenvalue weighted by atomic mass is 79.9. The van der Waals surface area contributed by atoms with Crippen molar-refractivity contribution in [2.45, 2.75) is 51.6 Å². The number of halogens is 2. The lowest BCUT2D eigenvalue weighted by molar-refractivity contribution is -0.151. The number of aromatic nitrogens is 1. The maximum atomic E-state index is 14.5. The Labute approximate surface area is 164 Å². The lowest BCUT2D eigenvalue weighted by atomic mass is 10.1. The van der Waals surface area contributed by atoms with Gasteiger partial charge in [0.25, 0.3) is 5.91 Å². The summed E-state index contributed by atoms with van der Waals surface area (Å²) in [6.45, 7) is 5.62. The molecule has 1 aromatic heterocycles. The lowest BCUT2D eigenvalue weighted by Crippen LogP contribution is -2.50. The zero-order chi connectivity index (χ0) is 20.4. The molecule has 0 radical (unpaired) electrons. The second-order valence-corrected chi connectivity index (χ2v) is 7.81. The number of pyridine rings is 1. The molecule has 10 heteroatoms. The molecule has 2 rings (SSSR count). The number of hydrogen-bond acceptors (Lipinski definition) is 6. The Balaban J connectivity index is 2.28. The SMILES string of the molecule is CC(=O)OC1C(F)CN(C(=O)OC(C)(C)C)C1C(=O)Nc1cccc(Br)n1. The molecule has 0 aromatic carbocycles. The fourth-order valence-electron chi connectivity index (χ4n) is 2.59. The summed E-state index contributed by atoms with van der Waals surface area (Å²) in [5, 5.41) is 2.51. The molecular formula is C17H21BrFN3O5. The maximum absolute atomic E-state index is 14.5. The van der Waals surface area contributed by atoms with Crippen LogP contribution in [0, 0.1) is 0 Å². The van der Waals surface area contributed by atoms with Gasteiger partial charge in [0.2, 0.25) is 0 Å². The molecule has 1 N–H and O–H groups in total. The highest BCUT2D eigenvalue weighted by Gasteiger charge is 2.51. The highest BCUT2D eigenvalue weighted by molar-refractivity contribution is 9.10. The van der Waals surface area contributed by atoms with Crippen LogP contribution < -0.4 is 5.32 Å². The van der Waals surface area contributed by atoms with Crippen LogP contribution in [-0.4, -0.2) is 58.3 Å². The van der Waals surface area contributed by atoms with Crippen molar-refractivity contribution in [1.29, 1.82) is 0 Å². The number of likely N-dealkylation sites (tertiary alicyclic amines) is 1. The average Bonchev–Trinajstić information content (AvgIpc) is 2.82. The van der Waals surface area contributed by atoms with Crippen molar-refractivity contribution in [3.63, 3.8) is 0 Å². The van der Waals surface area contributed by atoms with E-state index in [2.05, 4.69) is 26.2 Å². The molecule has 3 unspecified atom stereocenters. The fraction of sp³-hybridized carbons (Fsp3) is 0.529. The van der Waals surface area contributed by atoms with Gasteiger partial charge in [0.15, 0.2) is 18.3 Å². The van der Waals surface area contributed by atoms with E-state index < -0.39 is 48.4 Å². The predicted octanol–water partition coefficient (Wildman–Crippen LogP) is 2.67. The number of esters is 1. The first-order valence-electron chi connectivity index (χ1n) is 8.22. The molecule has 2 amide bonds. The summed E-state index contributed by atoms with van der Waals surface area (Å²) in [6, 6.07) is 3.45. The molecule has 148 valence electrons. The fourth-order valence-corrected chi connectivity index (χ4v) is 2.93. The number of anilines is 1. The molecular weight excluding hydrogens is 425 g/mol. The molecule has 27 heavy (non-hydrogen) atoms. The maximum Gasteiger partial charge on any atom is 0.411 e. The van der Waals surface area contributed by atoms with Crippen LogP contribution >= 0.6 is 15.9 Å². The quantitative estimate of drug-likeness (QED) is 0.567. The minimum atomic E-state index is -1.73. The molecule has 0 aliphatic carbocycles. The molecule has 1 fully saturated rings. The number of carbonyl (C=O) groups is 3. The minimum absolute atomic E-state index is 0.197. The molecule has 1 aliphatic heterocycles. The van der Waals surface area contributed by atoms with Crippen LogP contribution in [0.2, 0.25) is 0 Å². The van der Waals surface area contributed by atoms with Crippen molar-refractivity contribution >= 4 is 39.7 Å². The number of hydrogen-bond donors (Lipinski definition) is 1. The Morgan fingerprint density at radius 1 is 1.33 bits per heavy atom. The largest absolute Gasteiger partial charge is 0.457 e. The zero-order valence-electron chi connectivity index (χ0n) is 15.4. The Hall–Kier alpha value is -2.23. The van der Waals surface area contributed by atoms with Gasteiger partial charge in [-0.3, -0.25) is 14.5 Å². The molecule has 1 saturated heterocycles. The van der Waals surface area contributed by atoms with Gasteiger partial charge >= 0.3 is 12.1 Å². The minimum Gasteiger partial charge on any atom is -0.457 e. The smallest absolute Gasteiger partial charge is 0.411 e. The van der Waals surface area contributed by atoms with E-state index in [1.165, 1.54) is 6.07 Å². The van der Waals surface area contributed by atoms with Crippen molar-refractivity contribution in [2.75, 3.05) is 11.9 Å². The van der Waals surface area contributed by atoms with Crippen molar-refractivity contribution in [2.24, 2.45) is 0 Å². The molecule has 2 heterocycles. The molecule has 0 spiro atoms. The Kier molecular flexibility index (Phi) is 6.40. The Bertz CT molecular complexity index is 740. The second kappa shape index (κ2) is 8.20. The van der Waals surface area contributed by atoms with Gasteiger partial charge in [-0.15, -0.1) is 0 Å². The summed E-state index contributed by atoms with van der Waals surface area (Å²) in [5.41, 5.74) is -0.838. The molecule has 1 aliphatic rings. The Morgan fingerprint density at radius 2 is 2.00 bits per heavy atom. The van der Waals surface area contributed by atoms with Gasteiger partial charge in [-0.25, -0.2) is 14.2 Å². The van der Waals surface area contributed by atoms with Crippen molar-refractivity contribution < 1.29 is 28.2 Å². The van der Waals surface area contributed by atoms with Gasteiger partial charge in [-0.2, -0.15) is 0 Å². The van der Waals surface area contributed by atoms with E-state index in [-0.39, 0.29) is 5.82 Å². The molecule has 1 aromatic rings. The van der Waals surface area contributed by atoms with Crippen molar-refractivity contribution in [3.05, 3.63) is 22.8 Å². The van der Waals surface area contributed by atoms with Crippen molar-refractivity contribution in [1.82, 2.24) is 9.88 Å². The van der Waals surface area contributed by atoms with Crippen LogP contribution in [-0.2, 0) is 19.1 Å². The van der Waals surface area contributed by atoms with E-state index in [1.54, 1.807) is 32.9 Å². The standard InChI is InChI=1S/C17H21BrFN3O5/c1-9(23)26-14-10(19)8-22(16(25)27-17(2,3)4)13(14)15(24)21-12-7-5-6-11(18)20-12/h5-7,10,13-14H,8H2,1-4H3,(H,20,21,24). The monoisotopic (exact) mass is 445 g/mol. The topological polar surface area (TPSA) is 97.8 Å². The van der Waals surface area contributed by atoms with Gasteiger partial charge in [-0.1, -0.05) is 6.07 Å². The van der Waals surface area contributed by atoms with E-state index in [0.717, 1.165) is 11.8 Å². The summed E-state index contributed by atoms with van der Waals surface area (Å²) < 4.78 is 25.2. The third-order valence-corrected chi connectivity index (χ3v) is 3.98. The van der Waals surface area contributed by atoms with E-state index in [9.17, 15) is 18.8 Å². The van der Waals surface area contributed by atoms with Gasteiger partial charge < -0.3 is 14.8 Å². The number of nitrogens with zero attached hydrogens (tertiary/aromatic N) is 2. The summed E-state index contributed by atoms with van der Waals surface area (Å²) in [4.78, 5) is 41.6. The molecule has 8 nitrogen and oxygen atoms in total. The first kappa shape index (κ1) is 21.1. The first-order valence-corrected chi connectivity index (χ1v) is 9.01. The third-order valence-electron chi connectivity index (χ3n) is 3.54. The second-order valence-electron chi connectivity index (χ2n) is 7.00. The number of alkyl halides is 1. The van der Waals surface area contributed by atoms with Crippen LogP contribution in [0.5, 0.6) is 0 Å². The van der Waals surface area contributed by atoms with Crippen LogP contribution in [0.3, 0.4) is 0 Å². The summed E-state index contributed by atoms with van der Waals surface area (Å²) in [7, 11) is 0. The third kappa shape index (κ3) is 5.62. The van der Waals surface area contributed by atoms with Gasteiger partial charge in [0.05, 0.1) is 6.54 Å². The van der Waals surface area contributed by atoms with Crippen LogP contribution in [0.4, 0.5) is 15.0 Å². The van der Waals surface area contributed by atoms with E-state index in [0.29, 0.717) is 4.60 Å². The molecule has 0 saturated carbocycles. The lowest BCUT2D eigenvalue weighted by Gasteiger charge is -2.29. The number of nitrogens with one attached hydrogen (secondary N) is 1. The predicted molar refractivity (Wildman–Crippen MR) is 97.7 cm³/mol. The van der Waals surface area contributed by atoms with Crippen LogP contribution in [0.25, 0.3) is 0 Å². The van der Waals surface area contributed by atoms with E-state index in [1.807, 2.05) is 0 Å². The number of rotatable bonds is 3. The van der Waals surface area contributed by atoms with E-state index in [4.69, 9.17) is 9.47 Å². The van der Waals surface area contributed by atoms with Gasteiger partial charge in [0.1, 0.15) is 16.0 Å². The summed E-state index contributed by atoms with van der Waals surface area (Å²) >= 11 is 3.18. The van der Waals surface area contributed by atoms with Crippen LogP contribution in [0.15, 0.2) is 22.8 Å². The number of ether oxygens (including phenoxy) is 2. The zero-order valence-corrected chi connectivity index (χ0v) is 16.9. The summed E-state index contributed by atoms with van der Waals surface area (Å²) in [5.74, 6) is -1.30. The average molecular weight is 446 g/mol. The summed E-state index contributed by atoms with van der Waals surface area (Å²) in [6.07, 6.45) is -4.04. The normalized spacial score (nSPS) is 22.3. The van der Waals surface area contributed by atoms with Gasteiger partial charge in [-0.05, 0) is 48.8 Å². The van der Waals surface area contributed by atoms with Crippen LogP contribution in [0.1, 0.15) is 27.7 Å². The Morgan fingerprint density at radius 3 is 2.56 bits per heavy atom. The first-order chi connectivity index (χ1) is 12.5. The highest BCUT2D eigenvalue weighted by Crippen LogP contribution is 2.27. The molecule has 0 bridgehead atoms. The molecule has 3 atom stereocenters. The number of amides is 2.